The molecule has 1 aliphatic rings. The molecule has 2 aromatic heterocycles. The maximum atomic E-state index is 13.2. The third kappa shape index (κ3) is 5.15. The third-order valence-electron chi connectivity index (χ3n) is 6.91. The Morgan fingerprint density at radius 3 is 2.61 bits per heavy atom. The summed E-state index contributed by atoms with van der Waals surface area (Å²) in [6.07, 6.45) is 9.99. The maximum Gasteiger partial charge on any atom is 0.251 e. The van der Waals surface area contributed by atoms with Crippen molar-refractivity contribution in [2.45, 2.75) is 57.0 Å². The molecule has 3 N–H and O–H groups in total. The number of aliphatic hydroxyl groups is 1. The predicted molar refractivity (Wildman–Crippen MR) is 139 cm³/mol. The second-order valence-corrected chi connectivity index (χ2v) is 9.62. The molecule has 0 saturated heterocycles. The number of hydrogen-bond donors (Lipinski definition) is 3. The first-order chi connectivity index (χ1) is 17.5. The molecule has 2 aromatic carbocycles. The van der Waals surface area contributed by atoms with E-state index in [4.69, 9.17) is 9.40 Å². The van der Waals surface area contributed by atoms with Crippen LogP contribution in [0.2, 0.25) is 0 Å². The first kappa shape index (κ1) is 23.7. The van der Waals surface area contributed by atoms with E-state index in [1.54, 1.807) is 36.8 Å². The molecule has 1 aliphatic carbocycles. The Hall–Kier alpha value is -4.00. The number of nitrogens with one attached hydrogen (secondary N) is 1. The summed E-state index contributed by atoms with van der Waals surface area (Å²) in [4.78, 5) is 18.2. The van der Waals surface area contributed by atoms with Gasteiger partial charge in [0.15, 0.2) is 0 Å². The zero-order valence-corrected chi connectivity index (χ0v) is 20.2. The first-order valence-electron chi connectivity index (χ1n) is 12.5. The average Bonchev–Trinajstić information content (AvgIpc) is 3.53. The zero-order chi connectivity index (χ0) is 25.1. The van der Waals surface area contributed by atoms with Gasteiger partial charge in [0.25, 0.3) is 5.91 Å². The molecule has 0 aliphatic heterocycles. The fraction of sp³-hybridized carbons (Fsp3) is 0.310. The van der Waals surface area contributed by atoms with Crippen molar-refractivity contribution in [3.8, 4) is 17.1 Å². The Balaban J connectivity index is 1.43. The van der Waals surface area contributed by atoms with E-state index in [1.807, 2.05) is 24.3 Å². The van der Waals surface area contributed by atoms with Gasteiger partial charge in [0.1, 0.15) is 17.8 Å². The van der Waals surface area contributed by atoms with Crippen molar-refractivity contribution in [3.63, 3.8) is 0 Å². The van der Waals surface area contributed by atoms with Gasteiger partial charge in [-0.1, -0.05) is 38.0 Å². The van der Waals surface area contributed by atoms with Gasteiger partial charge < -0.3 is 24.5 Å². The molecule has 0 spiro atoms. The van der Waals surface area contributed by atoms with Gasteiger partial charge in [0.2, 0.25) is 0 Å². The summed E-state index contributed by atoms with van der Waals surface area (Å²) in [6, 6.07) is 14.4. The van der Waals surface area contributed by atoms with Crippen molar-refractivity contribution >= 4 is 16.9 Å². The van der Waals surface area contributed by atoms with E-state index in [1.165, 1.54) is 19.3 Å². The molecule has 1 atom stereocenters. The van der Waals surface area contributed by atoms with Crippen molar-refractivity contribution in [1.29, 1.82) is 0 Å². The van der Waals surface area contributed by atoms with Crippen molar-refractivity contribution in [3.05, 3.63) is 84.5 Å². The number of aromatic nitrogens is 2. The molecule has 2 heterocycles. The average molecular weight is 486 g/mol. The minimum Gasteiger partial charge on any atom is -0.513 e. The minimum absolute atomic E-state index is 0.00510. The minimum atomic E-state index is -0.350. The summed E-state index contributed by atoms with van der Waals surface area (Å²) in [6.45, 7) is 3.60. The summed E-state index contributed by atoms with van der Waals surface area (Å²) in [5.74, 6) is 0.816. The van der Waals surface area contributed by atoms with E-state index < -0.39 is 0 Å². The predicted octanol–water partition coefficient (Wildman–Crippen LogP) is 6.31. The Labute approximate surface area is 210 Å². The van der Waals surface area contributed by atoms with Crippen molar-refractivity contribution < 1.29 is 19.4 Å². The van der Waals surface area contributed by atoms with Gasteiger partial charge in [0, 0.05) is 24.1 Å². The molecule has 5 rings (SSSR count). The monoisotopic (exact) mass is 485 g/mol. The van der Waals surface area contributed by atoms with E-state index in [-0.39, 0.29) is 29.9 Å². The smallest absolute Gasteiger partial charge is 0.251 e. The number of nitrogens with zero attached hydrogens (tertiary/aromatic N) is 2. The summed E-state index contributed by atoms with van der Waals surface area (Å²) in [5, 5.41) is 22.4. The van der Waals surface area contributed by atoms with Crippen molar-refractivity contribution in [2.75, 3.05) is 0 Å². The molecule has 36 heavy (non-hydrogen) atoms. The van der Waals surface area contributed by atoms with Crippen molar-refractivity contribution in [2.24, 2.45) is 0 Å². The normalized spacial score (nSPS) is 15.1. The van der Waals surface area contributed by atoms with Gasteiger partial charge in [-0.05, 0) is 61.2 Å². The van der Waals surface area contributed by atoms with Gasteiger partial charge >= 0.3 is 0 Å². The quantitative estimate of drug-likeness (QED) is 0.254. The van der Waals surface area contributed by atoms with Gasteiger partial charge in [-0.25, -0.2) is 4.98 Å². The number of hydrogen-bond acceptors (Lipinski definition) is 5. The van der Waals surface area contributed by atoms with Crippen LogP contribution in [0.1, 0.15) is 60.5 Å². The topological polar surface area (TPSA) is 101 Å². The fourth-order valence-electron chi connectivity index (χ4n) is 5.19. The summed E-state index contributed by atoms with van der Waals surface area (Å²) < 4.78 is 7.65. The molecule has 0 radical (unpaired) electrons. The number of rotatable bonds is 8. The number of phenols is 1. The van der Waals surface area contributed by atoms with E-state index in [0.29, 0.717) is 18.0 Å². The van der Waals surface area contributed by atoms with Gasteiger partial charge in [-0.15, -0.1) is 0 Å². The number of carbonyl (C=O) groups is 1. The maximum absolute atomic E-state index is 13.2. The summed E-state index contributed by atoms with van der Waals surface area (Å²) in [5.41, 5.74) is 4.16. The Morgan fingerprint density at radius 1 is 1.14 bits per heavy atom. The van der Waals surface area contributed by atoms with Crippen molar-refractivity contribution in [1.82, 2.24) is 14.9 Å². The number of benzene rings is 2. The number of carbonyl (C=O) groups excluding carboxylic acids is 1. The lowest BCUT2D eigenvalue weighted by atomic mass is 9.95. The standard InChI is InChI=1S/C29H31N3O4/c1-19(33)15-23(16-20-7-10-25(34)11-8-20)30-29(35)21-9-12-27-26(17-21)31-28(22-13-14-36-18-22)32(27)24-5-3-2-4-6-24/h7-14,17-18,23-24,33-34H,1-6,15-16H2,(H,30,35)/t23-/m1/s1. The molecule has 7 nitrogen and oxygen atoms in total. The largest absolute Gasteiger partial charge is 0.513 e. The Kier molecular flexibility index (Phi) is 6.80. The zero-order valence-electron chi connectivity index (χ0n) is 20.2. The lowest BCUT2D eigenvalue weighted by Gasteiger charge is -2.25. The summed E-state index contributed by atoms with van der Waals surface area (Å²) >= 11 is 0. The molecule has 1 amide bonds. The Morgan fingerprint density at radius 2 is 1.92 bits per heavy atom. The molecular weight excluding hydrogens is 454 g/mol. The van der Waals surface area contributed by atoms with Crippen LogP contribution in [0.5, 0.6) is 5.75 Å². The fourth-order valence-corrected chi connectivity index (χ4v) is 5.19. The van der Waals surface area contributed by atoms with Crippen LogP contribution in [-0.2, 0) is 6.42 Å². The van der Waals surface area contributed by atoms with E-state index in [2.05, 4.69) is 16.5 Å². The highest BCUT2D eigenvalue weighted by Crippen LogP contribution is 2.36. The molecular formula is C29H31N3O4. The van der Waals surface area contributed by atoms with Gasteiger partial charge in [-0.3, -0.25) is 4.79 Å². The highest BCUT2D eigenvalue weighted by atomic mass is 16.3. The summed E-state index contributed by atoms with van der Waals surface area (Å²) in [7, 11) is 0. The van der Waals surface area contributed by atoms with Crippen LogP contribution in [0, 0.1) is 0 Å². The number of fused-ring (bicyclic) bond motifs is 1. The number of amides is 1. The molecule has 0 bridgehead atoms. The molecule has 186 valence electrons. The number of furan rings is 1. The van der Waals surface area contributed by atoms with E-state index in [0.717, 1.165) is 40.8 Å². The number of imidazole rings is 1. The van der Waals surface area contributed by atoms with Crippen LogP contribution in [0.15, 0.2) is 77.8 Å². The van der Waals surface area contributed by atoms with Gasteiger partial charge in [-0.2, -0.15) is 0 Å². The highest BCUT2D eigenvalue weighted by molar-refractivity contribution is 5.98. The van der Waals surface area contributed by atoms with Gasteiger partial charge in [0.05, 0.1) is 28.6 Å². The molecule has 0 unspecified atom stereocenters. The number of phenolic OH excluding ortho intramolecular Hbond substituents is 1. The van der Waals surface area contributed by atoms with E-state index >= 15 is 0 Å². The van der Waals surface area contributed by atoms with E-state index in [9.17, 15) is 15.0 Å². The lowest BCUT2D eigenvalue weighted by molar-refractivity contribution is 0.0935. The second kappa shape index (κ2) is 10.3. The first-order valence-corrected chi connectivity index (χ1v) is 12.5. The Bertz CT molecular complexity index is 1350. The number of aliphatic hydroxyl groups excluding tert-OH is 1. The SMILES string of the molecule is C=C(O)C[C@H](Cc1ccc(O)cc1)NC(=O)c1ccc2c(c1)nc(-c1ccoc1)n2C1CCCCC1. The highest BCUT2D eigenvalue weighted by Gasteiger charge is 2.24. The molecule has 1 fully saturated rings. The van der Waals surface area contributed by atoms with Crippen LogP contribution in [0.25, 0.3) is 22.4 Å². The third-order valence-corrected chi connectivity index (χ3v) is 6.91. The van der Waals surface area contributed by atoms with Crippen LogP contribution < -0.4 is 5.32 Å². The second-order valence-electron chi connectivity index (χ2n) is 9.62. The molecule has 1 saturated carbocycles. The van der Waals surface area contributed by atoms with Crippen LogP contribution >= 0.6 is 0 Å². The van der Waals surface area contributed by atoms with Crippen LogP contribution in [0.4, 0.5) is 0 Å². The molecule has 4 aromatic rings. The van der Waals surface area contributed by atoms with Crippen LogP contribution in [0.3, 0.4) is 0 Å². The number of aromatic hydroxyl groups is 1. The van der Waals surface area contributed by atoms with Crippen LogP contribution in [-0.4, -0.2) is 31.7 Å². The lowest BCUT2D eigenvalue weighted by Crippen LogP contribution is -2.36. The molecule has 7 heteroatoms.